The Bertz CT molecular complexity index is 431. The summed E-state index contributed by atoms with van der Waals surface area (Å²) < 4.78 is 0. The Morgan fingerprint density at radius 1 is 1.19 bits per heavy atom. The van der Waals surface area contributed by atoms with Crippen LogP contribution < -0.4 is 5.32 Å². The summed E-state index contributed by atoms with van der Waals surface area (Å²) in [6.07, 6.45) is 8.58. The van der Waals surface area contributed by atoms with E-state index < -0.39 is 0 Å². The first-order valence-corrected chi connectivity index (χ1v) is 8.25. The Hall–Kier alpha value is -1.12. The molecule has 1 aromatic carbocycles. The molecule has 1 aliphatic rings. The van der Waals surface area contributed by atoms with Gasteiger partial charge in [0.05, 0.1) is 0 Å². The van der Waals surface area contributed by atoms with Crippen molar-refractivity contribution < 1.29 is 0 Å². The highest BCUT2D eigenvalue weighted by Gasteiger charge is 2.22. The van der Waals surface area contributed by atoms with E-state index in [4.69, 9.17) is 0 Å². The number of hydrogen-bond acceptors (Lipinski definition) is 2. The van der Waals surface area contributed by atoms with Crippen LogP contribution in [0.4, 0.5) is 0 Å². The van der Waals surface area contributed by atoms with E-state index >= 15 is 0 Å². The lowest BCUT2D eigenvalue weighted by Gasteiger charge is -2.37. The molecule has 0 radical (unpaired) electrons. The lowest BCUT2D eigenvalue weighted by Crippen LogP contribution is -2.49. The minimum atomic E-state index is 0.211. The van der Waals surface area contributed by atoms with Gasteiger partial charge in [-0.25, -0.2) is 0 Å². The summed E-state index contributed by atoms with van der Waals surface area (Å²) in [5.74, 6) is 0. The number of piperidine rings is 1. The molecule has 1 heterocycles. The van der Waals surface area contributed by atoms with Gasteiger partial charge in [-0.3, -0.25) is 4.90 Å². The average molecular weight is 286 g/mol. The Morgan fingerprint density at radius 2 is 1.95 bits per heavy atom. The minimum absolute atomic E-state index is 0.211. The summed E-state index contributed by atoms with van der Waals surface area (Å²) >= 11 is 0. The van der Waals surface area contributed by atoms with E-state index in [2.05, 4.69) is 73.5 Å². The molecule has 1 unspecified atom stereocenters. The second kappa shape index (κ2) is 7.77. The average Bonchev–Trinajstić information content (AvgIpc) is 2.46. The minimum Gasteiger partial charge on any atom is -0.311 e. The highest BCUT2D eigenvalue weighted by atomic mass is 15.2. The van der Waals surface area contributed by atoms with Crippen LogP contribution in [0.25, 0.3) is 6.08 Å². The lowest BCUT2D eigenvalue weighted by atomic mass is 10.0. The van der Waals surface area contributed by atoms with Crippen LogP contribution in [0, 0.1) is 0 Å². The van der Waals surface area contributed by atoms with E-state index in [0.29, 0.717) is 6.04 Å². The Balaban J connectivity index is 1.85. The molecule has 0 aliphatic carbocycles. The van der Waals surface area contributed by atoms with Crippen LogP contribution >= 0.6 is 0 Å². The third-order valence-electron chi connectivity index (χ3n) is 4.07. The number of likely N-dealkylation sites (tertiary alicyclic amines) is 1. The smallest absolute Gasteiger partial charge is 0.0224 e. The van der Waals surface area contributed by atoms with Gasteiger partial charge >= 0.3 is 0 Å². The Labute approximate surface area is 130 Å². The standard InChI is InChI=1S/C19H30N2/c1-19(2,3)20-16-18-13-7-8-14-21(18)15-9-12-17-10-5-4-6-11-17/h4-6,9-12,18,20H,7-8,13-16H2,1-3H3. The maximum atomic E-state index is 3.66. The first-order valence-electron chi connectivity index (χ1n) is 8.25. The summed E-state index contributed by atoms with van der Waals surface area (Å²) in [5.41, 5.74) is 1.50. The van der Waals surface area contributed by atoms with Crippen molar-refractivity contribution in [2.45, 2.75) is 51.6 Å². The molecule has 21 heavy (non-hydrogen) atoms. The van der Waals surface area contributed by atoms with Crippen LogP contribution in [0.1, 0.15) is 45.6 Å². The van der Waals surface area contributed by atoms with Gasteiger partial charge in [0, 0.05) is 24.7 Å². The zero-order valence-corrected chi connectivity index (χ0v) is 13.8. The molecule has 116 valence electrons. The van der Waals surface area contributed by atoms with Gasteiger partial charge in [-0.05, 0) is 45.7 Å². The van der Waals surface area contributed by atoms with Gasteiger partial charge in [0.2, 0.25) is 0 Å². The maximum Gasteiger partial charge on any atom is 0.0224 e. The van der Waals surface area contributed by atoms with Crippen molar-refractivity contribution in [3.8, 4) is 0 Å². The summed E-state index contributed by atoms with van der Waals surface area (Å²) in [6, 6.07) is 11.2. The van der Waals surface area contributed by atoms with E-state index in [1.807, 2.05) is 0 Å². The summed E-state index contributed by atoms with van der Waals surface area (Å²) in [4.78, 5) is 2.63. The van der Waals surface area contributed by atoms with Crippen molar-refractivity contribution in [1.82, 2.24) is 10.2 Å². The van der Waals surface area contributed by atoms with E-state index in [9.17, 15) is 0 Å². The van der Waals surface area contributed by atoms with Gasteiger partial charge in [0.1, 0.15) is 0 Å². The van der Waals surface area contributed by atoms with Crippen molar-refractivity contribution >= 4 is 6.08 Å². The van der Waals surface area contributed by atoms with E-state index in [1.54, 1.807) is 0 Å². The highest BCUT2D eigenvalue weighted by Crippen LogP contribution is 2.17. The van der Waals surface area contributed by atoms with Crippen LogP contribution in [0.5, 0.6) is 0 Å². The Morgan fingerprint density at radius 3 is 2.67 bits per heavy atom. The molecular weight excluding hydrogens is 256 g/mol. The molecule has 0 bridgehead atoms. The molecule has 1 aromatic rings. The molecule has 0 aromatic heterocycles. The van der Waals surface area contributed by atoms with Crippen LogP contribution in [0.3, 0.4) is 0 Å². The summed E-state index contributed by atoms with van der Waals surface area (Å²) in [5, 5.41) is 3.66. The second-order valence-corrected chi connectivity index (χ2v) is 7.09. The highest BCUT2D eigenvalue weighted by molar-refractivity contribution is 5.48. The monoisotopic (exact) mass is 286 g/mol. The van der Waals surface area contributed by atoms with Crippen LogP contribution in [-0.4, -0.2) is 36.1 Å². The maximum absolute atomic E-state index is 3.66. The first kappa shape index (κ1) is 16.3. The van der Waals surface area contributed by atoms with E-state index in [0.717, 1.165) is 13.1 Å². The van der Waals surface area contributed by atoms with Gasteiger partial charge in [-0.2, -0.15) is 0 Å². The fourth-order valence-corrected chi connectivity index (χ4v) is 2.84. The topological polar surface area (TPSA) is 15.3 Å². The fraction of sp³-hybridized carbons (Fsp3) is 0.579. The van der Waals surface area contributed by atoms with Crippen molar-refractivity contribution in [2.24, 2.45) is 0 Å². The van der Waals surface area contributed by atoms with Crippen molar-refractivity contribution in [3.63, 3.8) is 0 Å². The zero-order chi connectivity index (χ0) is 15.1. The molecule has 1 saturated heterocycles. The first-order chi connectivity index (χ1) is 10.0. The predicted molar refractivity (Wildman–Crippen MR) is 92.4 cm³/mol. The van der Waals surface area contributed by atoms with Crippen LogP contribution in [0.2, 0.25) is 0 Å². The normalized spacial score (nSPS) is 21.0. The molecule has 2 nitrogen and oxygen atoms in total. The quantitative estimate of drug-likeness (QED) is 0.882. The molecule has 1 fully saturated rings. The fourth-order valence-electron chi connectivity index (χ4n) is 2.84. The van der Waals surface area contributed by atoms with Gasteiger partial charge in [0.15, 0.2) is 0 Å². The van der Waals surface area contributed by atoms with E-state index in [-0.39, 0.29) is 5.54 Å². The number of hydrogen-bond donors (Lipinski definition) is 1. The number of benzene rings is 1. The predicted octanol–water partition coefficient (Wildman–Crippen LogP) is 3.94. The van der Waals surface area contributed by atoms with Gasteiger partial charge in [0.25, 0.3) is 0 Å². The molecular formula is C19H30N2. The number of nitrogens with one attached hydrogen (secondary N) is 1. The summed E-state index contributed by atoms with van der Waals surface area (Å²) in [7, 11) is 0. The zero-order valence-electron chi connectivity index (χ0n) is 13.8. The van der Waals surface area contributed by atoms with Crippen LogP contribution in [0.15, 0.2) is 36.4 Å². The third-order valence-corrected chi connectivity index (χ3v) is 4.07. The molecule has 1 atom stereocenters. The molecule has 2 heteroatoms. The second-order valence-electron chi connectivity index (χ2n) is 7.09. The number of rotatable bonds is 5. The molecule has 1 N–H and O–H groups in total. The Kier molecular flexibility index (Phi) is 6.01. The summed E-state index contributed by atoms with van der Waals surface area (Å²) in [6.45, 7) is 10.1. The SMILES string of the molecule is CC(C)(C)NCC1CCCCN1CC=Cc1ccccc1. The number of nitrogens with zero attached hydrogens (tertiary/aromatic N) is 1. The van der Waals surface area contributed by atoms with Gasteiger partial charge in [-0.15, -0.1) is 0 Å². The van der Waals surface area contributed by atoms with Crippen molar-refractivity contribution in [3.05, 3.63) is 42.0 Å². The molecule has 0 amide bonds. The van der Waals surface area contributed by atoms with Crippen molar-refractivity contribution in [2.75, 3.05) is 19.6 Å². The molecule has 0 spiro atoms. The van der Waals surface area contributed by atoms with E-state index in [1.165, 1.54) is 31.4 Å². The molecule has 0 saturated carbocycles. The van der Waals surface area contributed by atoms with Gasteiger partial charge in [-0.1, -0.05) is 48.9 Å². The van der Waals surface area contributed by atoms with Gasteiger partial charge < -0.3 is 5.32 Å². The lowest BCUT2D eigenvalue weighted by molar-refractivity contribution is 0.154. The third kappa shape index (κ3) is 6.03. The van der Waals surface area contributed by atoms with Crippen LogP contribution in [-0.2, 0) is 0 Å². The molecule has 1 aliphatic heterocycles. The largest absolute Gasteiger partial charge is 0.311 e. The molecule has 2 rings (SSSR count). The van der Waals surface area contributed by atoms with Crippen molar-refractivity contribution in [1.29, 1.82) is 0 Å².